The summed E-state index contributed by atoms with van der Waals surface area (Å²) in [6.45, 7) is 4.12. The smallest absolute Gasteiger partial charge is 0.197 e. The third-order valence-corrected chi connectivity index (χ3v) is 2.24. The summed E-state index contributed by atoms with van der Waals surface area (Å²) in [5.74, 6) is 1.50. The number of furan rings is 1. The summed E-state index contributed by atoms with van der Waals surface area (Å²) < 4.78 is 5.23. The van der Waals surface area contributed by atoms with Gasteiger partial charge >= 0.3 is 0 Å². The van der Waals surface area contributed by atoms with Gasteiger partial charge in [-0.1, -0.05) is 25.4 Å². The van der Waals surface area contributed by atoms with Crippen LogP contribution in [-0.4, -0.2) is 9.97 Å². The maximum atomic E-state index is 5.92. The average Bonchev–Trinajstić information content (AvgIpc) is 2.69. The van der Waals surface area contributed by atoms with Crippen molar-refractivity contribution in [1.82, 2.24) is 9.97 Å². The van der Waals surface area contributed by atoms with Gasteiger partial charge in [0.05, 0.1) is 6.26 Å². The van der Waals surface area contributed by atoms with Gasteiger partial charge < -0.3 is 4.42 Å². The van der Waals surface area contributed by atoms with Gasteiger partial charge in [0.25, 0.3) is 0 Å². The van der Waals surface area contributed by atoms with Crippen LogP contribution in [0.1, 0.15) is 25.5 Å². The zero-order chi connectivity index (χ0) is 10.8. The highest BCUT2D eigenvalue weighted by Gasteiger charge is 2.09. The molecule has 0 fully saturated rings. The highest BCUT2D eigenvalue weighted by Crippen LogP contribution is 2.21. The van der Waals surface area contributed by atoms with E-state index >= 15 is 0 Å². The molecule has 0 radical (unpaired) electrons. The first-order valence-corrected chi connectivity index (χ1v) is 5.13. The predicted molar refractivity (Wildman–Crippen MR) is 58.8 cm³/mol. The van der Waals surface area contributed by atoms with E-state index in [-0.39, 0.29) is 0 Å². The SMILES string of the molecule is CC(C)c1cc(Cl)nc(-c2ccco2)n1. The quantitative estimate of drug-likeness (QED) is 0.730. The third-order valence-electron chi connectivity index (χ3n) is 2.05. The molecule has 0 saturated carbocycles. The van der Waals surface area contributed by atoms with E-state index in [0.29, 0.717) is 22.7 Å². The minimum Gasteiger partial charge on any atom is -0.461 e. The van der Waals surface area contributed by atoms with E-state index in [0.717, 1.165) is 5.69 Å². The summed E-state index contributed by atoms with van der Waals surface area (Å²) in [7, 11) is 0. The van der Waals surface area contributed by atoms with Gasteiger partial charge in [0.1, 0.15) is 5.15 Å². The summed E-state index contributed by atoms with van der Waals surface area (Å²) in [4.78, 5) is 8.51. The lowest BCUT2D eigenvalue weighted by molar-refractivity contribution is 0.576. The lowest BCUT2D eigenvalue weighted by atomic mass is 10.1. The molecule has 15 heavy (non-hydrogen) atoms. The van der Waals surface area contributed by atoms with Crippen LogP contribution in [0.3, 0.4) is 0 Å². The fraction of sp³-hybridized carbons (Fsp3) is 0.273. The maximum absolute atomic E-state index is 5.92. The molecule has 2 rings (SSSR count). The van der Waals surface area contributed by atoms with Crippen LogP contribution in [0.4, 0.5) is 0 Å². The monoisotopic (exact) mass is 222 g/mol. The molecule has 3 nitrogen and oxygen atoms in total. The minimum absolute atomic E-state index is 0.319. The Bertz CT molecular complexity index is 452. The molecule has 0 N–H and O–H groups in total. The van der Waals surface area contributed by atoms with Crippen LogP contribution in [0.2, 0.25) is 5.15 Å². The van der Waals surface area contributed by atoms with Gasteiger partial charge in [0.15, 0.2) is 11.6 Å². The highest BCUT2D eigenvalue weighted by atomic mass is 35.5. The van der Waals surface area contributed by atoms with Gasteiger partial charge in [-0.15, -0.1) is 0 Å². The zero-order valence-electron chi connectivity index (χ0n) is 8.57. The maximum Gasteiger partial charge on any atom is 0.197 e. The topological polar surface area (TPSA) is 38.9 Å². The molecule has 0 aromatic carbocycles. The summed E-state index contributed by atoms with van der Waals surface area (Å²) in [5.41, 5.74) is 0.918. The van der Waals surface area contributed by atoms with Crippen molar-refractivity contribution in [2.75, 3.05) is 0 Å². The van der Waals surface area contributed by atoms with E-state index in [1.165, 1.54) is 0 Å². The number of halogens is 1. The van der Waals surface area contributed by atoms with Gasteiger partial charge in [0, 0.05) is 5.69 Å². The van der Waals surface area contributed by atoms with E-state index in [2.05, 4.69) is 23.8 Å². The summed E-state index contributed by atoms with van der Waals surface area (Å²) in [5, 5.41) is 0.445. The van der Waals surface area contributed by atoms with Crippen molar-refractivity contribution >= 4 is 11.6 Å². The van der Waals surface area contributed by atoms with Gasteiger partial charge in [-0.05, 0) is 24.1 Å². The van der Waals surface area contributed by atoms with Crippen LogP contribution >= 0.6 is 11.6 Å². The van der Waals surface area contributed by atoms with Crippen molar-refractivity contribution in [3.8, 4) is 11.6 Å². The number of hydrogen-bond acceptors (Lipinski definition) is 3. The molecule has 2 aromatic rings. The number of nitrogens with zero attached hydrogens (tertiary/aromatic N) is 2. The fourth-order valence-corrected chi connectivity index (χ4v) is 1.44. The molecular formula is C11H11ClN2O. The Balaban J connectivity index is 2.49. The van der Waals surface area contributed by atoms with Crippen LogP contribution < -0.4 is 0 Å². The average molecular weight is 223 g/mol. The molecule has 0 saturated heterocycles. The van der Waals surface area contributed by atoms with Crippen molar-refractivity contribution in [1.29, 1.82) is 0 Å². The largest absolute Gasteiger partial charge is 0.461 e. The minimum atomic E-state index is 0.319. The molecule has 0 spiro atoms. The first-order valence-electron chi connectivity index (χ1n) is 4.75. The first kappa shape index (κ1) is 10.2. The van der Waals surface area contributed by atoms with Crippen LogP contribution in [0.15, 0.2) is 28.9 Å². The lowest BCUT2D eigenvalue weighted by Gasteiger charge is -2.05. The number of aromatic nitrogens is 2. The highest BCUT2D eigenvalue weighted by molar-refractivity contribution is 6.29. The molecule has 0 unspecified atom stereocenters. The normalized spacial score (nSPS) is 10.9. The number of hydrogen-bond donors (Lipinski definition) is 0. The van der Waals surface area contributed by atoms with Crippen molar-refractivity contribution in [2.24, 2.45) is 0 Å². The van der Waals surface area contributed by atoms with Crippen LogP contribution in [-0.2, 0) is 0 Å². The van der Waals surface area contributed by atoms with Gasteiger partial charge in [-0.25, -0.2) is 9.97 Å². The molecule has 2 heterocycles. The van der Waals surface area contributed by atoms with Crippen LogP contribution in [0.25, 0.3) is 11.6 Å². The van der Waals surface area contributed by atoms with Crippen molar-refractivity contribution in [3.63, 3.8) is 0 Å². The van der Waals surface area contributed by atoms with Gasteiger partial charge in [-0.2, -0.15) is 0 Å². The zero-order valence-corrected chi connectivity index (χ0v) is 9.32. The standard InChI is InChI=1S/C11H11ClN2O/c1-7(2)8-6-10(12)14-11(13-8)9-4-3-5-15-9/h3-7H,1-2H3. The van der Waals surface area contributed by atoms with Crippen molar-refractivity contribution in [3.05, 3.63) is 35.3 Å². The Kier molecular flexibility index (Phi) is 2.73. The fourth-order valence-electron chi connectivity index (χ4n) is 1.25. The van der Waals surface area contributed by atoms with Gasteiger partial charge in [0.2, 0.25) is 0 Å². The Morgan fingerprint density at radius 1 is 1.33 bits per heavy atom. The Labute approximate surface area is 93.1 Å². The molecular weight excluding hydrogens is 212 g/mol. The second-order valence-electron chi connectivity index (χ2n) is 3.57. The molecule has 0 amide bonds. The second kappa shape index (κ2) is 4.03. The van der Waals surface area contributed by atoms with E-state index in [1.54, 1.807) is 18.4 Å². The molecule has 0 aliphatic heterocycles. The molecule has 0 bridgehead atoms. The van der Waals surface area contributed by atoms with E-state index in [4.69, 9.17) is 16.0 Å². The Morgan fingerprint density at radius 2 is 2.13 bits per heavy atom. The van der Waals surface area contributed by atoms with E-state index < -0.39 is 0 Å². The van der Waals surface area contributed by atoms with Crippen molar-refractivity contribution < 1.29 is 4.42 Å². The van der Waals surface area contributed by atoms with Crippen LogP contribution in [0, 0.1) is 0 Å². The molecule has 2 aromatic heterocycles. The second-order valence-corrected chi connectivity index (χ2v) is 3.96. The van der Waals surface area contributed by atoms with Gasteiger partial charge in [-0.3, -0.25) is 0 Å². The molecule has 78 valence electrons. The lowest BCUT2D eigenvalue weighted by Crippen LogP contribution is -1.97. The summed E-state index contributed by atoms with van der Waals surface area (Å²) in [6, 6.07) is 5.39. The molecule has 0 aliphatic carbocycles. The first-order chi connectivity index (χ1) is 7.16. The summed E-state index contributed by atoms with van der Waals surface area (Å²) >= 11 is 5.92. The van der Waals surface area contributed by atoms with Crippen LogP contribution in [0.5, 0.6) is 0 Å². The van der Waals surface area contributed by atoms with E-state index in [9.17, 15) is 0 Å². The van der Waals surface area contributed by atoms with Crippen molar-refractivity contribution in [2.45, 2.75) is 19.8 Å². The Hall–Kier alpha value is -1.35. The third kappa shape index (κ3) is 2.18. The number of rotatable bonds is 2. The predicted octanol–water partition coefficient (Wildman–Crippen LogP) is 3.51. The summed E-state index contributed by atoms with van der Waals surface area (Å²) in [6.07, 6.45) is 1.59. The van der Waals surface area contributed by atoms with E-state index in [1.807, 2.05) is 6.07 Å². The molecule has 0 atom stereocenters. The Morgan fingerprint density at radius 3 is 2.73 bits per heavy atom. The molecule has 0 aliphatic rings. The molecule has 4 heteroatoms.